The lowest BCUT2D eigenvalue weighted by Crippen LogP contribution is -2.35. The third kappa shape index (κ3) is 3.59. The van der Waals surface area contributed by atoms with Crippen LogP contribution in [0.2, 0.25) is 0 Å². The summed E-state index contributed by atoms with van der Waals surface area (Å²) >= 11 is 1.35. The van der Waals surface area contributed by atoms with E-state index in [1.807, 2.05) is 24.3 Å². The van der Waals surface area contributed by atoms with E-state index in [0.29, 0.717) is 17.2 Å². The molecule has 27 heavy (non-hydrogen) atoms. The predicted molar refractivity (Wildman–Crippen MR) is 99.5 cm³/mol. The Morgan fingerprint density at radius 1 is 1.26 bits per heavy atom. The van der Waals surface area contributed by atoms with Crippen LogP contribution in [0.15, 0.2) is 53.1 Å². The van der Waals surface area contributed by atoms with Crippen molar-refractivity contribution in [3.63, 3.8) is 0 Å². The molecule has 0 saturated heterocycles. The van der Waals surface area contributed by atoms with E-state index < -0.39 is 12.1 Å². The van der Waals surface area contributed by atoms with Crippen molar-refractivity contribution < 1.29 is 23.5 Å². The standard InChI is InChI=1S/C20H17NO5S/c1-12(19(22)21-10-14-5-4-8-24-14)26-20(23)17-9-13-11-25-16-7-3-2-6-15(16)18(13)27-17/h2-9,12H,10-11H2,1H3,(H,21,22)/t12-/m1/s1. The minimum absolute atomic E-state index is 0.245. The first-order valence-corrected chi connectivity index (χ1v) is 9.29. The number of esters is 1. The molecule has 3 aromatic rings. The number of nitrogens with one attached hydrogen (secondary N) is 1. The number of furan rings is 1. The maximum Gasteiger partial charge on any atom is 0.349 e. The molecule has 1 amide bonds. The second-order valence-electron chi connectivity index (χ2n) is 6.09. The number of carbonyl (C=O) groups excluding carboxylic acids is 2. The maximum absolute atomic E-state index is 12.5. The molecule has 0 saturated carbocycles. The van der Waals surface area contributed by atoms with Gasteiger partial charge in [-0.3, -0.25) is 4.79 Å². The SMILES string of the molecule is C[C@@H](OC(=O)c1cc2c(s1)-c1ccccc1OC2)C(=O)NCc1ccco1. The lowest BCUT2D eigenvalue weighted by Gasteiger charge is -2.16. The number of thiophene rings is 1. The Hall–Kier alpha value is -3.06. The van der Waals surface area contributed by atoms with E-state index in [4.69, 9.17) is 13.9 Å². The van der Waals surface area contributed by atoms with Crippen LogP contribution in [0.4, 0.5) is 0 Å². The lowest BCUT2D eigenvalue weighted by atomic mass is 10.1. The van der Waals surface area contributed by atoms with Gasteiger partial charge >= 0.3 is 5.97 Å². The average molecular weight is 383 g/mol. The topological polar surface area (TPSA) is 77.8 Å². The average Bonchev–Trinajstić information content (AvgIpc) is 3.35. The zero-order chi connectivity index (χ0) is 18.8. The smallest absolute Gasteiger partial charge is 0.349 e. The van der Waals surface area contributed by atoms with Gasteiger partial charge in [-0.15, -0.1) is 11.3 Å². The molecule has 0 aliphatic carbocycles. The molecule has 2 aromatic heterocycles. The quantitative estimate of drug-likeness (QED) is 0.679. The number of para-hydroxylation sites is 1. The van der Waals surface area contributed by atoms with Crippen LogP contribution in [0, 0.1) is 0 Å². The summed E-state index contributed by atoms with van der Waals surface area (Å²) in [6.07, 6.45) is 0.626. The highest BCUT2D eigenvalue weighted by molar-refractivity contribution is 7.17. The maximum atomic E-state index is 12.5. The van der Waals surface area contributed by atoms with E-state index in [2.05, 4.69) is 5.32 Å². The highest BCUT2D eigenvalue weighted by Crippen LogP contribution is 2.42. The Morgan fingerprint density at radius 3 is 2.93 bits per heavy atom. The molecule has 1 aliphatic rings. The van der Waals surface area contributed by atoms with E-state index in [9.17, 15) is 9.59 Å². The van der Waals surface area contributed by atoms with Crippen LogP contribution in [-0.4, -0.2) is 18.0 Å². The molecule has 1 aliphatic heterocycles. The minimum Gasteiger partial charge on any atom is -0.488 e. The zero-order valence-electron chi connectivity index (χ0n) is 14.6. The molecule has 0 fully saturated rings. The zero-order valence-corrected chi connectivity index (χ0v) is 15.4. The fourth-order valence-corrected chi connectivity index (χ4v) is 3.88. The van der Waals surface area contributed by atoms with Crippen LogP contribution in [-0.2, 0) is 22.7 Å². The molecule has 1 atom stereocenters. The van der Waals surface area contributed by atoms with Crippen LogP contribution in [0.5, 0.6) is 5.75 Å². The Bertz CT molecular complexity index is 976. The summed E-state index contributed by atoms with van der Waals surface area (Å²) in [6, 6.07) is 13.0. The molecular weight excluding hydrogens is 366 g/mol. The fourth-order valence-electron chi connectivity index (χ4n) is 2.80. The van der Waals surface area contributed by atoms with Crippen molar-refractivity contribution in [3.05, 3.63) is 64.9 Å². The molecule has 0 radical (unpaired) electrons. The van der Waals surface area contributed by atoms with Crippen LogP contribution in [0.25, 0.3) is 10.4 Å². The van der Waals surface area contributed by atoms with E-state index in [1.165, 1.54) is 17.6 Å². The highest BCUT2D eigenvalue weighted by Gasteiger charge is 2.25. The molecule has 0 spiro atoms. The monoisotopic (exact) mass is 383 g/mol. The van der Waals surface area contributed by atoms with Crippen molar-refractivity contribution in [3.8, 4) is 16.2 Å². The number of amides is 1. The van der Waals surface area contributed by atoms with Crippen molar-refractivity contribution in [2.75, 3.05) is 0 Å². The first-order valence-electron chi connectivity index (χ1n) is 8.48. The van der Waals surface area contributed by atoms with Crippen molar-refractivity contribution in [2.45, 2.75) is 26.2 Å². The van der Waals surface area contributed by atoms with E-state index in [0.717, 1.165) is 21.8 Å². The molecule has 138 valence electrons. The number of hydrogen-bond donors (Lipinski definition) is 1. The molecule has 1 N–H and O–H groups in total. The molecular formula is C20H17NO5S. The summed E-state index contributed by atoms with van der Waals surface area (Å²) in [5.74, 6) is 0.534. The second kappa shape index (κ2) is 7.28. The third-order valence-corrected chi connectivity index (χ3v) is 5.39. The van der Waals surface area contributed by atoms with Gasteiger partial charge in [-0.05, 0) is 37.3 Å². The highest BCUT2D eigenvalue weighted by atomic mass is 32.1. The van der Waals surface area contributed by atoms with Gasteiger partial charge in [-0.2, -0.15) is 0 Å². The molecule has 4 rings (SSSR count). The summed E-state index contributed by atoms with van der Waals surface area (Å²) in [5.41, 5.74) is 1.91. The van der Waals surface area contributed by atoms with Crippen LogP contribution in [0.1, 0.15) is 27.9 Å². The van der Waals surface area contributed by atoms with Gasteiger partial charge in [0.25, 0.3) is 5.91 Å². The minimum atomic E-state index is -0.907. The Labute approximate surface area is 159 Å². The first kappa shape index (κ1) is 17.4. The molecule has 3 heterocycles. The number of rotatable bonds is 5. The van der Waals surface area contributed by atoms with E-state index >= 15 is 0 Å². The van der Waals surface area contributed by atoms with Crippen molar-refractivity contribution in [1.82, 2.24) is 5.32 Å². The van der Waals surface area contributed by atoms with Crippen molar-refractivity contribution in [2.24, 2.45) is 0 Å². The largest absolute Gasteiger partial charge is 0.488 e. The summed E-state index contributed by atoms with van der Waals surface area (Å²) in [7, 11) is 0. The molecule has 0 bridgehead atoms. The van der Waals surface area contributed by atoms with Gasteiger partial charge in [0.15, 0.2) is 6.10 Å². The first-order chi connectivity index (χ1) is 13.1. The van der Waals surface area contributed by atoms with Crippen LogP contribution in [0.3, 0.4) is 0 Å². The van der Waals surface area contributed by atoms with Crippen LogP contribution < -0.4 is 10.1 Å². The van der Waals surface area contributed by atoms with Gasteiger partial charge in [-0.1, -0.05) is 12.1 Å². The normalized spacial score (nSPS) is 13.1. The number of fused-ring (bicyclic) bond motifs is 3. The third-order valence-electron chi connectivity index (χ3n) is 4.20. The van der Waals surface area contributed by atoms with E-state index in [-0.39, 0.29) is 12.5 Å². The Balaban J connectivity index is 1.42. The van der Waals surface area contributed by atoms with Gasteiger partial charge in [-0.25, -0.2) is 4.79 Å². The second-order valence-corrected chi connectivity index (χ2v) is 7.15. The number of carbonyl (C=O) groups is 2. The molecule has 6 nitrogen and oxygen atoms in total. The Kier molecular flexibility index (Phi) is 4.68. The van der Waals surface area contributed by atoms with Crippen LogP contribution >= 0.6 is 11.3 Å². The predicted octanol–water partition coefficient (Wildman–Crippen LogP) is 3.76. The number of ether oxygens (including phenoxy) is 2. The lowest BCUT2D eigenvalue weighted by molar-refractivity contribution is -0.129. The van der Waals surface area contributed by atoms with Gasteiger partial charge in [0, 0.05) is 16.0 Å². The summed E-state index contributed by atoms with van der Waals surface area (Å²) < 4.78 is 16.2. The van der Waals surface area contributed by atoms with Gasteiger partial charge < -0.3 is 19.2 Å². The van der Waals surface area contributed by atoms with Crippen molar-refractivity contribution in [1.29, 1.82) is 0 Å². The van der Waals surface area contributed by atoms with E-state index in [1.54, 1.807) is 25.1 Å². The summed E-state index contributed by atoms with van der Waals surface area (Å²) in [5, 5.41) is 2.68. The fraction of sp³-hybridized carbons (Fsp3) is 0.200. The molecule has 0 unspecified atom stereocenters. The summed E-state index contributed by atoms with van der Waals surface area (Å²) in [4.78, 5) is 26.0. The number of benzene rings is 1. The van der Waals surface area contributed by atoms with Crippen molar-refractivity contribution >= 4 is 23.2 Å². The Morgan fingerprint density at radius 2 is 2.11 bits per heavy atom. The number of hydrogen-bond acceptors (Lipinski definition) is 6. The molecule has 1 aromatic carbocycles. The summed E-state index contributed by atoms with van der Waals surface area (Å²) in [6.45, 7) is 2.20. The van der Waals surface area contributed by atoms with Gasteiger partial charge in [0.1, 0.15) is 23.0 Å². The van der Waals surface area contributed by atoms with Gasteiger partial charge in [0.2, 0.25) is 0 Å². The molecule has 7 heteroatoms. The van der Waals surface area contributed by atoms with Gasteiger partial charge in [0.05, 0.1) is 12.8 Å².